The number of rotatable bonds is 5. The molecule has 0 atom stereocenters. The quantitative estimate of drug-likeness (QED) is 0.259. The number of para-hydroxylation sites is 2. The van der Waals surface area contributed by atoms with Crippen LogP contribution in [0.2, 0.25) is 0 Å². The topological polar surface area (TPSA) is 29.3 Å². The van der Waals surface area contributed by atoms with Gasteiger partial charge in [0.1, 0.15) is 0 Å². The fraction of sp³-hybridized carbons (Fsp3) is 0. The Labute approximate surface area is 211 Å². The largest absolute Gasteiger partial charge is 0.399 e. The first-order chi connectivity index (χ1) is 17.8. The van der Waals surface area contributed by atoms with Gasteiger partial charge in [0.05, 0.1) is 0 Å². The Hall–Kier alpha value is -4.82. The number of nitrogens with zero attached hydrogens (tertiary/aromatic N) is 1. The lowest BCUT2D eigenvalue weighted by molar-refractivity contribution is 1.28. The number of fused-ring (bicyclic) bond motifs is 1. The van der Waals surface area contributed by atoms with E-state index in [1.54, 1.807) is 0 Å². The fourth-order valence-electron chi connectivity index (χ4n) is 4.89. The van der Waals surface area contributed by atoms with Gasteiger partial charge in [-0.15, -0.1) is 0 Å². The molecule has 0 aromatic heterocycles. The van der Waals surface area contributed by atoms with Crippen LogP contribution in [0.5, 0.6) is 0 Å². The van der Waals surface area contributed by atoms with E-state index in [0.29, 0.717) is 0 Å². The summed E-state index contributed by atoms with van der Waals surface area (Å²) >= 11 is 0. The number of nitrogen functional groups attached to an aromatic ring is 1. The van der Waals surface area contributed by atoms with Gasteiger partial charge in [-0.1, -0.05) is 97.1 Å². The minimum absolute atomic E-state index is 0.762. The Morgan fingerprint density at radius 3 is 1.69 bits per heavy atom. The molecule has 0 aliphatic heterocycles. The lowest BCUT2D eigenvalue weighted by Gasteiger charge is -2.25. The highest BCUT2D eigenvalue weighted by Gasteiger charge is 2.14. The summed E-state index contributed by atoms with van der Waals surface area (Å²) in [6, 6.07) is 50.9. The van der Waals surface area contributed by atoms with Gasteiger partial charge >= 0.3 is 0 Å². The van der Waals surface area contributed by atoms with Crippen molar-refractivity contribution in [1.29, 1.82) is 0 Å². The van der Waals surface area contributed by atoms with E-state index in [4.69, 9.17) is 5.73 Å². The standard InChI is InChI=1S/C34H26N2/c35-27-20-23-32(34(24-27)33-17-9-11-25-10-7-8-16-31(25)33)26-18-21-30(22-19-26)36(28-12-3-1-4-13-28)29-14-5-2-6-15-29/h1-24H,35H2. The van der Waals surface area contributed by atoms with Gasteiger partial charge in [-0.05, 0) is 81.6 Å². The molecule has 36 heavy (non-hydrogen) atoms. The van der Waals surface area contributed by atoms with E-state index in [0.717, 1.165) is 39.4 Å². The Morgan fingerprint density at radius 2 is 1.00 bits per heavy atom. The third-order valence-corrected chi connectivity index (χ3v) is 6.59. The summed E-state index contributed by atoms with van der Waals surface area (Å²) in [7, 11) is 0. The van der Waals surface area contributed by atoms with Crippen molar-refractivity contribution in [2.75, 3.05) is 10.6 Å². The molecule has 0 heterocycles. The Balaban J connectivity index is 1.46. The Kier molecular flexibility index (Phi) is 5.69. The van der Waals surface area contributed by atoms with Crippen LogP contribution in [0.15, 0.2) is 146 Å². The van der Waals surface area contributed by atoms with Crippen molar-refractivity contribution in [2.24, 2.45) is 0 Å². The monoisotopic (exact) mass is 462 g/mol. The van der Waals surface area contributed by atoms with Crippen LogP contribution in [0.4, 0.5) is 22.7 Å². The highest BCUT2D eigenvalue weighted by atomic mass is 15.1. The molecule has 2 heteroatoms. The van der Waals surface area contributed by atoms with Crippen LogP contribution < -0.4 is 10.6 Å². The predicted octanol–water partition coefficient (Wildman–Crippen LogP) is 9.23. The highest BCUT2D eigenvalue weighted by Crippen LogP contribution is 2.39. The minimum Gasteiger partial charge on any atom is -0.399 e. The SMILES string of the molecule is Nc1ccc(-c2ccc(N(c3ccccc3)c3ccccc3)cc2)c(-c2cccc3ccccc23)c1. The van der Waals surface area contributed by atoms with Gasteiger partial charge < -0.3 is 10.6 Å². The van der Waals surface area contributed by atoms with Crippen molar-refractivity contribution in [2.45, 2.75) is 0 Å². The summed E-state index contributed by atoms with van der Waals surface area (Å²) in [5, 5.41) is 2.45. The first-order valence-electron chi connectivity index (χ1n) is 12.2. The molecule has 2 N–H and O–H groups in total. The maximum atomic E-state index is 6.27. The highest BCUT2D eigenvalue weighted by molar-refractivity contribution is 6.01. The zero-order chi connectivity index (χ0) is 24.3. The van der Waals surface area contributed by atoms with Gasteiger partial charge in [0.15, 0.2) is 0 Å². The zero-order valence-corrected chi connectivity index (χ0v) is 19.9. The molecule has 0 spiro atoms. The van der Waals surface area contributed by atoms with Gasteiger partial charge in [-0.2, -0.15) is 0 Å². The summed E-state index contributed by atoms with van der Waals surface area (Å²) in [6.45, 7) is 0. The molecule has 0 radical (unpaired) electrons. The van der Waals surface area contributed by atoms with Crippen LogP contribution >= 0.6 is 0 Å². The molecule has 172 valence electrons. The summed E-state index contributed by atoms with van der Waals surface area (Å²) in [5.74, 6) is 0. The molecule has 6 rings (SSSR count). The second kappa shape index (κ2) is 9.44. The first kappa shape index (κ1) is 21.7. The average Bonchev–Trinajstić information content (AvgIpc) is 2.94. The first-order valence-corrected chi connectivity index (χ1v) is 12.2. The Morgan fingerprint density at radius 1 is 0.417 bits per heavy atom. The molecule has 0 unspecified atom stereocenters. The smallest absolute Gasteiger partial charge is 0.0462 e. The molecule has 2 nitrogen and oxygen atoms in total. The lowest BCUT2D eigenvalue weighted by Crippen LogP contribution is -2.09. The van der Waals surface area contributed by atoms with Crippen molar-refractivity contribution in [3.63, 3.8) is 0 Å². The lowest BCUT2D eigenvalue weighted by atomic mass is 9.91. The van der Waals surface area contributed by atoms with Crippen molar-refractivity contribution < 1.29 is 0 Å². The van der Waals surface area contributed by atoms with Crippen LogP contribution in [0, 0.1) is 0 Å². The number of hydrogen-bond donors (Lipinski definition) is 1. The van der Waals surface area contributed by atoms with E-state index < -0.39 is 0 Å². The van der Waals surface area contributed by atoms with E-state index in [2.05, 4.69) is 132 Å². The Bertz CT molecular complexity index is 1580. The number of anilines is 4. The summed E-state index contributed by atoms with van der Waals surface area (Å²) in [5.41, 5.74) is 15.0. The van der Waals surface area contributed by atoms with Crippen LogP contribution in [-0.2, 0) is 0 Å². The third kappa shape index (κ3) is 4.10. The van der Waals surface area contributed by atoms with Gasteiger partial charge in [-0.3, -0.25) is 0 Å². The molecule has 0 aliphatic carbocycles. The van der Waals surface area contributed by atoms with Gasteiger partial charge in [0.25, 0.3) is 0 Å². The minimum atomic E-state index is 0.762. The van der Waals surface area contributed by atoms with Crippen molar-refractivity contribution >= 4 is 33.5 Å². The molecule has 0 saturated heterocycles. The average molecular weight is 463 g/mol. The molecule has 6 aromatic rings. The molecule has 0 bridgehead atoms. The van der Waals surface area contributed by atoms with E-state index in [1.807, 2.05) is 18.2 Å². The molecule has 0 aliphatic rings. The zero-order valence-electron chi connectivity index (χ0n) is 19.9. The normalized spacial score (nSPS) is 10.9. The van der Waals surface area contributed by atoms with E-state index in [-0.39, 0.29) is 0 Å². The fourth-order valence-corrected chi connectivity index (χ4v) is 4.89. The number of nitrogens with two attached hydrogens (primary N) is 1. The van der Waals surface area contributed by atoms with Crippen molar-refractivity contribution in [3.05, 3.63) is 146 Å². The summed E-state index contributed by atoms with van der Waals surface area (Å²) in [4.78, 5) is 2.28. The van der Waals surface area contributed by atoms with Crippen LogP contribution in [-0.4, -0.2) is 0 Å². The van der Waals surface area contributed by atoms with Crippen LogP contribution in [0.25, 0.3) is 33.0 Å². The van der Waals surface area contributed by atoms with Gasteiger partial charge in [0.2, 0.25) is 0 Å². The third-order valence-electron chi connectivity index (χ3n) is 6.59. The molecular weight excluding hydrogens is 436 g/mol. The van der Waals surface area contributed by atoms with E-state index >= 15 is 0 Å². The summed E-state index contributed by atoms with van der Waals surface area (Å²) < 4.78 is 0. The molecule has 6 aromatic carbocycles. The maximum absolute atomic E-state index is 6.27. The summed E-state index contributed by atoms with van der Waals surface area (Å²) in [6.07, 6.45) is 0. The second-order valence-corrected chi connectivity index (χ2v) is 8.89. The molecule has 0 saturated carbocycles. The van der Waals surface area contributed by atoms with Crippen LogP contribution in [0.3, 0.4) is 0 Å². The maximum Gasteiger partial charge on any atom is 0.0462 e. The van der Waals surface area contributed by atoms with E-state index in [1.165, 1.54) is 16.3 Å². The second-order valence-electron chi connectivity index (χ2n) is 8.89. The van der Waals surface area contributed by atoms with Gasteiger partial charge in [0, 0.05) is 22.7 Å². The number of hydrogen-bond acceptors (Lipinski definition) is 2. The number of benzene rings is 6. The molecule has 0 amide bonds. The van der Waals surface area contributed by atoms with Crippen LogP contribution in [0.1, 0.15) is 0 Å². The molecular formula is C34H26N2. The predicted molar refractivity (Wildman–Crippen MR) is 154 cm³/mol. The van der Waals surface area contributed by atoms with Crippen molar-refractivity contribution in [1.82, 2.24) is 0 Å². The van der Waals surface area contributed by atoms with E-state index in [9.17, 15) is 0 Å². The van der Waals surface area contributed by atoms with Crippen molar-refractivity contribution in [3.8, 4) is 22.3 Å². The molecule has 0 fully saturated rings. The van der Waals surface area contributed by atoms with Gasteiger partial charge in [-0.25, -0.2) is 0 Å².